The van der Waals surface area contributed by atoms with Crippen molar-refractivity contribution in [1.29, 1.82) is 0 Å². The molecule has 3 aromatic rings. The summed E-state index contributed by atoms with van der Waals surface area (Å²) in [4.78, 5) is 36.1. The van der Waals surface area contributed by atoms with E-state index >= 15 is 0 Å². The number of carboxylic acids is 1. The number of nitrogens with zero attached hydrogens (tertiary/aromatic N) is 4. The molecule has 1 aliphatic heterocycles. The number of aromatic nitrogens is 3. The summed E-state index contributed by atoms with van der Waals surface area (Å²) in [5.41, 5.74) is 2.65. The van der Waals surface area contributed by atoms with E-state index in [0.717, 1.165) is 16.8 Å². The molecule has 0 spiro atoms. The standard InChI is InChI=1S/C18H16N4O2S.C2HF3O2/c23-18(13-5-9-25-11-13)22-7-3-15-16(4-8-22)20-12-21-17(15)24-14-2-1-6-19-10-14;3-2(4,5)1(6)7/h1-2,5-6,9-12H,3-4,7-8H2;(H,6,7). The van der Waals surface area contributed by atoms with Crippen LogP contribution in [0.15, 0.2) is 47.7 Å². The van der Waals surface area contributed by atoms with Crippen molar-refractivity contribution in [3.8, 4) is 11.6 Å². The van der Waals surface area contributed by atoms with Gasteiger partial charge in [0.25, 0.3) is 5.91 Å². The number of ether oxygens (including phenoxy) is 1. The zero-order valence-corrected chi connectivity index (χ0v) is 17.3. The number of hydrogen-bond acceptors (Lipinski definition) is 7. The maximum Gasteiger partial charge on any atom is 0.490 e. The van der Waals surface area contributed by atoms with Crippen LogP contribution in [0.25, 0.3) is 0 Å². The molecule has 4 rings (SSSR count). The molecule has 3 aromatic heterocycles. The Morgan fingerprint density at radius 2 is 1.91 bits per heavy atom. The van der Waals surface area contributed by atoms with Gasteiger partial charge < -0.3 is 14.7 Å². The molecule has 0 atom stereocenters. The molecule has 0 saturated heterocycles. The highest BCUT2D eigenvalue weighted by Crippen LogP contribution is 2.27. The Balaban J connectivity index is 0.000000360. The number of aliphatic carboxylic acids is 1. The first kappa shape index (κ1) is 23.1. The van der Waals surface area contributed by atoms with Gasteiger partial charge in [-0.15, -0.1) is 0 Å². The summed E-state index contributed by atoms with van der Waals surface area (Å²) in [5, 5.41) is 10.9. The highest BCUT2D eigenvalue weighted by Gasteiger charge is 2.38. The number of fused-ring (bicyclic) bond motifs is 1. The summed E-state index contributed by atoms with van der Waals surface area (Å²) in [6.07, 6.45) is 1.14. The van der Waals surface area contributed by atoms with E-state index in [1.165, 1.54) is 17.7 Å². The first-order valence-electron chi connectivity index (χ1n) is 9.28. The fourth-order valence-electron chi connectivity index (χ4n) is 2.88. The lowest BCUT2D eigenvalue weighted by molar-refractivity contribution is -0.192. The molecule has 1 aliphatic rings. The number of halogens is 3. The largest absolute Gasteiger partial charge is 0.490 e. The number of amides is 1. The van der Waals surface area contributed by atoms with E-state index in [4.69, 9.17) is 14.6 Å². The SMILES string of the molecule is O=C(O)C(F)(F)F.O=C(c1ccsc1)N1CCc2ncnc(Oc3cccnc3)c2CC1. The average molecular weight is 466 g/mol. The number of pyridine rings is 1. The van der Waals surface area contributed by atoms with Gasteiger partial charge in [-0.1, -0.05) is 0 Å². The van der Waals surface area contributed by atoms with Crippen LogP contribution in [0.3, 0.4) is 0 Å². The maximum absolute atomic E-state index is 12.6. The van der Waals surface area contributed by atoms with Gasteiger partial charge in [-0.25, -0.2) is 14.8 Å². The Kier molecular flexibility index (Phi) is 7.36. The van der Waals surface area contributed by atoms with Gasteiger partial charge in [-0.3, -0.25) is 9.78 Å². The molecule has 4 heterocycles. The summed E-state index contributed by atoms with van der Waals surface area (Å²) < 4.78 is 37.6. The number of hydrogen-bond donors (Lipinski definition) is 1. The Morgan fingerprint density at radius 1 is 1.16 bits per heavy atom. The first-order chi connectivity index (χ1) is 15.3. The molecule has 1 amide bonds. The number of carbonyl (C=O) groups excluding carboxylic acids is 1. The van der Waals surface area contributed by atoms with Gasteiger partial charge in [0.2, 0.25) is 5.88 Å². The number of carbonyl (C=O) groups is 2. The van der Waals surface area contributed by atoms with Crippen LogP contribution < -0.4 is 4.74 Å². The molecule has 0 bridgehead atoms. The second-order valence-electron chi connectivity index (χ2n) is 6.50. The van der Waals surface area contributed by atoms with Crippen molar-refractivity contribution in [3.63, 3.8) is 0 Å². The molecule has 1 N–H and O–H groups in total. The number of alkyl halides is 3. The molecule has 168 valence electrons. The minimum atomic E-state index is -5.08. The van der Waals surface area contributed by atoms with Crippen LogP contribution in [0.4, 0.5) is 13.2 Å². The summed E-state index contributed by atoms with van der Waals surface area (Å²) in [6.45, 7) is 1.27. The monoisotopic (exact) mass is 466 g/mol. The quantitative estimate of drug-likeness (QED) is 0.629. The molecule has 0 radical (unpaired) electrons. The van der Waals surface area contributed by atoms with Crippen LogP contribution in [0.2, 0.25) is 0 Å². The van der Waals surface area contributed by atoms with E-state index < -0.39 is 12.1 Å². The number of thiophene rings is 1. The van der Waals surface area contributed by atoms with Crippen molar-refractivity contribution in [2.75, 3.05) is 13.1 Å². The molecular weight excluding hydrogens is 449 g/mol. The van der Waals surface area contributed by atoms with Crippen molar-refractivity contribution in [2.24, 2.45) is 0 Å². The van der Waals surface area contributed by atoms with Crippen LogP contribution in [-0.2, 0) is 17.6 Å². The second kappa shape index (κ2) is 10.2. The van der Waals surface area contributed by atoms with Crippen molar-refractivity contribution in [1.82, 2.24) is 19.9 Å². The van der Waals surface area contributed by atoms with E-state index in [9.17, 15) is 18.0 Å². The third-order valence-corrected chi connectivity index (χ3v) is 5.08. The zero-order chi connectivity index (χ0) is 23.1. The Bertz CT molecular complexity index is 1060. The molecule has 0 aromatic carbocycles. The highest BCUT2D eigenvalue weighted by molar-refractivity contribution is 7.08. The van der Waals surface area contributed by atoms with Crippen molar-refractivity contribution >= 4 is 23.2 Å². The molecule has 0 aliphatic carbocycles. The molecule has 0 saturated carbocycles. The topological polar surface area (TPSA) is 106 Å². The van der Waals surface area contributed by atoms with E-state index in [0.29, 0.717) is 37.6 Å². The van der Waals surface area contributed by atoms with E-state index in [-0.39, 0.29) is 5.91 Å². The van der Waals surface area contributed by atoms with Crippen LogP contribution in [-0.4, -0.2) is 56.1 Å². The number of rotatable bonds is 3. The van der Waals surface area contributed by atoms with Crippen molar-refractivity contribution in [3.05, 3.63) is 64.5 Å². The van der Waals surface area contributed by atoms with Gasteiger partial charge >= 0.3 is 12.1 Å². The fraction of sp³-hybridized carbons (Fsp3) is 0.250. The minimum absolute atomic E-state index is 0.0664. The van der Waals surface area contributed by atoms with Gasteiger partial charge in [0.05, 0.1) is 17.5 Å². The summed E-state index contributed by atoms with van der Waals surface area (Å²) >= 11 is 1.53. The van der Waals surface area contributed by atoms with Crippen LogP contribution in [0.1, 0.15) is 21.6 Å². The lowest BCUT2D eigenvalue weighted by atomic mass is 10.1. The molecule has 8 nitrogen and oxygen atoms in total. The Hall–Kier alpha value is -3.54. The summed E-state index contributed by atoms with van der Waals surface area (Å²) in [5.74, 6) is -1.51. The third-order valence-electron chi connectivity index (χ3n) is 4.39. The summed E-state index contributed by atoms with van der Waals surface area (Å²) in [6, 6.07) is 5.52. The Labute approximate surface area is 184 Å². The maximum atomic E-state index is 12.6. The van der Waals surface area contributed by atoms with Gasteiger partial charge in [-0.05, 0) is 30.0 Å². The average Bonchev–Trinajstić information content (AvgIpc) is 3.21. The smallest absolute Gasteiger partial charge is 0.475 e. The third kappa shape index (κ3) is 6.00. The number of carboxylic acid groups (broad SMARTS) is 1. The lowest BCUT2D eigenvalue weighted by Crippen LogP contribution is -2.33. The lowest BCUT2D eigenvalue weighted by Gasteiger charge is -2.19. The van der Waals surface area contributed by atoms with E-state index in [1.807, 2.05) is 33.9 Å². The zero-order valence-electron chi connectivity index (χ0n) is 16.5. The second-order valence-corrected chi connectivity index (χ2v) is 7.28. The normalized spacial score (nSPS) is 13.3. The predicted octanol–water partition coefficient (Wildman–Crippen LogP) is 3.60. The molecule has 0 unspecified atom stereocenters. The van der Waals surface area contributed by atoms with Gasteiger partial charge in [-0.2, -0.15) is 24.5 Å². The van der Waals surface area contributed by atoms with Gasteiger partial charge in [0, 0.05) is 36.7 Å². The molecule has 0 fully saturated rings. The van der Waals surface area contributed by atoms with Crippen molar-refractivity contribution < 1.29 is 32.6 Å². The highest BCUT2D eigenvalue weighted by atomic mass is 32.1. The van der Waals surface area contributed by atoms with Crippen molar-refractivity contribution in [2.45, 2.75) is 19.0 Å². The fourth-order valence-corrected chi connectivity index (χ4v) is 3.50. The molecule has 12 heteroatoms. The minimum Gasteiger partial charge on any atom is -0.475 e. The van der Waals surface area contributed by atoms with Crippen LogP contribution in [0, 0.1) is 0 Å². The van der Waals surface area contributed by atoms with Crippen LogP contribution >= 0.6 is 11.3 Å². The molecular formula is C20H17F3N4O4S. The first-order valence-corrected chi connectivity index (χ1v) is 10.2. The van der Waals surface area contributed by atoms with Gasteiger partial charge in [0.15, 0.2) is 0 Å². The van der Waals surface area contributed by atoms with E-state index in [1.54, 1.807) is 12.4 Å². The van der Waals surface area contributed by atoms with Gasteiger partial charge in [0.1, 0.15) is 12.1 Å². The Morgan fingerprint density at radius 3 is 2.53 bits per heavy atom. The van der Waals surface area contributed by atoms with E-state index in [2.05, 4.69) is 15.0 Å². The van der Waals surface area contributed by atoms with Crippen LogP contribution in [0.5, 0.6) is 11.6 Å². The summed E-state index contributed by atoms with van der Waals surface area (Å²) in [7, 11) is 0. The predicted molar refractivity (Wildman–Crippen MR) is 108 cm³/mol. The molecule has 32 heavy (non-hydrogen) atoms.